The van der Waals surface area contributed by atoms with Crippen LogP contribution < -0.4 is 5.69 Å². The number of imidazole rings is 1. The average Bonchev–Trinajstić information content (AvgIpc) is 2.84. The van der Waals surface area contributed by atoms with Gasteiger partial charge in [0.05, 0.1) is 22.9 Å². The highest BCUT2D eigenvalue weighted by molar-refractivity contribution is 5.88. The van der Waals surface area contributed by atoms with E-state index in [2.05, 4.69) is 4.98 Å². The van der Waals surface area contributed by atoms with Crippen molar-refractivity contribution in [2.75, 3.05) is 0 Å². The van der Waals surface area contributed by atoms with Crippen LogP contribution in [0.1, 0.15) is 26.5 Å². The van der Waals surface area contributed by atoms with Gasteiger partial charge < -0.3 is 4.74 Å². The molecule has 27 heavy (non-hydrogen) atoms. The molecule has 142 valence electrons. The van der Waals surface area contributed by atoms with Crippen LogP contribution in [0.15, 0.2) is 47.4 Å². The summed E-state index contributed by atoms with van der Waals surface area (Å²) < 4.78 is 45.4. The maximum Gasteiger partial charge on any atom is 0.433 e. The van der Waals surface area contributed by atoms with Crippen LogP contribution >= 0.6 is 0 Å². The van der Waals surface area contributed by atoms with Gasteiger partial charge in [-0.3, -0.25) is 4.57 Å². The number of halogens is 3. The second-order valence-corrected chi connectivity index (χ2v) is 6.82. The van der Waals surface area contributed by atoms with E-state index >= 15 is 0 Å². The summed E-state index contributed by atoms with van der Waals surface area (Å²) in [5.74, 6) is 0. The summed E-state index contributed by atoms with van der Waals surface area (Å²) in [6.45, 7) is 4.98. The number of ether oxygens (including phenoxy) is 1. The molecular weight excluding hydrogens is 363 g/mol. The lowest BCUT2D eigenvalue weighted by Gasteiger charge is -2.19. The van der Waals surface area contributed by atoms with Crippen LogP contribution in [-0.4, -0.2) is 25.8 Å². The Kier molecular flexibility index (Phi) is 4.33. The molecule has 0 spiro atoms. The molecule has 3 rings (SSSR count). The summed E-state index contributed by atoms with van der Waals surface area (Å²) in [6, 6.07) is 8.32. The van der Waals surface area contributed by atoms with E-state index in [1.54, 1.807) is 45.0 Å². The minimum atomic E-state index is -4.59. The predicted octanol–water partition coefficient (Wildman–Crippen LogP) is 3.99. The fourth-order valence-electron chi connectivity index (χ4n) is 2.57. The minimum Gasteiger partial charge on any atom is -0.443 e. The molecule has 0 fully saturated rings. The number of nitrogens with zero attached hydrogens (tertiary/aromatic N) is 3. The number of carbonyl (C=O) groups is 1. The molecule has 0 aliphatic carbocycles. The zero-order valence-electron chi connectivity index (χ0n) is 14.7. The molecule has 2 aromatic heterocycles. The number of hydrogen-bond acceptors (Lipinski definition) is 4. The number of para-hydroxylation sites is 2. The molecule has 0 N–H and O–H groups in total. The first kappa shape index (κ1) is 18.7. The Morgan fingerprint density at radius 1 is 1.04 bits per heavy atom. The van der Waals surface area contributed by atoms with Gasteiger partial charge >= 0.3 is 18.0 Å². The molecule has 2 heterocycles. The highest BCUT2D eigenvalue weighted by Crippen LogP contribution is 2.28. The van der Waals surface area contributed by atoms with E-state index in [4.69, 9.17) is 4.74 Å². The number of pyridine rings is 1. The van der Waals surface area contributed by atoms with Gasteiger partial charge in [-0.05, 0) is 45.0 Å². The Morgan fingerprint density at radius 3 is 2.19 bits per heavy atom. The highest BCUT2D eigenvalue weighted by Gasteiger charge is 2.32. The van der Waals surface area contributed by atoms with Gasteiger partial charge in [-0.25, -0.2) is 14.6 Å². The molecule has 0 aliphatic rings. The summed E-state index contributed by atoms with van der Waals surface area (Å²) in [7, 11) is 0. The molecule has 6 nitrogen and oxygen atoms in total. The quantitative estimate of drug-likeness (QED) is 0.641. The molecule has 1 aromatic carbocycles. The van der Waals surface area contributed by atoms with Gasteiger partial charge in [-0.15, -0.1) is 0 Å². The van der Waals surface area contributed by atoms with Gasteiger partial charge in [-0.1, -0.05) is 12.1 Å². The van der Waals surface area contributed by atoms with Crippen LogP contribution in [0, 0.1) is 0 Å². The average molecular weight is 379 g/mol. The van der Waals surface area contributed by atoms with Crippen molar-refractivity contribution in [3.8, 4) is 5.69 Å². The Balaban J connectivity index is 2.19. The first-order chi connectivity index (χ1) is 12.5. The van der Waals surface area contributed by atoms with Gasteiger partial charge in [-0.2, -0.15) is 17.7 Å². The fraction of sp³-hybridized carbons (Fsp3) is 0.278. The molecule has 0 saturated carbocycles. The summed E-state index contributed by atoms with van der Waals surface area (Å²) >= 11 is 0. The molecule has 3 aromatic rings. The summed E-state index contributed by atoms with van der Waals surface area (Å²) in [5.41, 5.74) is -1.93. The Hall–Kier alpha value is -3.10. The predicted molar refractivity (Wildman–Crippen MR) is 92.0 cm³/mol. The van der Waals surface area contributed by atoms with Crippen LogP contribution in [-0.2, 0) is 10.9 Å². The van der Waals surface area contributed by atoms with Crippen molar-refractivity contribution in [3.63, 3.8) is 0 Å². The normalized spacial score (nSPS) is 12.4. The van der Waals surface area contributed by atoms with Gasteiger partial charge in [0, 0.05) is 0 Å². The number of carbonyl (C=O) groups excluding carboxylic acids is 1. The van der Waals surface area contributed by atoms with E-state index in [0.29, 0.717) is 5.52 Å². The SMILES string of the molecule is CC(C)(C)OC(=O)n1c(=O)n(-c2ccc(C(F)(F)F)nc2)c2ccccc21. The summed E-state index contributed by atoms with van der Waals surface area (Å²) in [6.07, 6.45) is -4.52. The number of hydrogen-bond donors (Lipinski definition) is 0. The maximum absolute atomic E-state index is 12.9. The molecule has 0 atom stereocenters. The summed E-state index contributed by atoms with van der Waals surface area (Å²) in [5, 5.41) is 0. The van der Waals surface area contributed by atoms with Crippen molar-refractivity contribution < 1.29 is 22.7 Å². The van der Waals surface area contributed by atoms with E-state index in [0.717, 1.165) is 27.5 Å². The van der Waals surface area contributed by atoms with Gasteiger partial charge in [0.15, 0.2) is 0 Å². The van der Waals surface area contributed by atoms with E-state index in [1.165, 1.54) is 0 Å². The number of rotatable bonds is 1. The minimum absolute atomic E-state index is 0.103. The lowest BCUT2D eigenvalue weighted by atomic mass is 10.2. The van der Waals surface area contributed by atoms with Crippen LogP contribution in [0.2, 0.25) is 0 Å². The molecular formula is C18H16F3N3O3. The highest BCUT2D eigenvalue weighted by atomic mass is 19.4. The second-order valence-electron chi connectivity index (χ2n) is 6.82. The van der Waals surface area contributed by atoms with Crippen LogP contribution in [0.4, 0.5) is 18.0 Å². The van der Waals surface area contributed by atoms with Crippen molar-refractivity contribution in [1.82, 2.24) is 14.1 Å². The molecule has 9 heteroatoms. The topological polar surface area (TPSA) is 66.1 Å². The van der Waals surface area contributed by atoms with Crippen molar-refractivity contribution in [2.45, 2.75) is 32.5 Å². The smallest absolute Gasteiger partial charge is 0.433 e. The number of benzene rings is 1. The zero-order chi connectivity index (χ0) is 20.0. The van der Waals surface area contributed by atoms with Gasteiger partial charge in [0.25, 0.3) is 0 Å². The van der Waals surface area contributed by atoms with Crippen molar-refractivity contribution >= 4 is 17.1 Å². The van der Waals surface area contributed by atoms with E-state index in [1.807, 2.05) is 0 Å². The third-order valence-electron chi connectivity index (χ3n) is 3.62. The van der Waals surface area contributed by atoms with Crippen LogP contribution in [0.25, 0.3) is 16.7 Å². The molecule has 0 bridgehead atoms. The Bertz CT molecular complexity index is 1060. The molecule has 0 aliphatic heterocycles. The van der Waals surface area contributed by atoms with Crippen molar-refractivity contribution in [3.05, 3.63) is 58.8 Å². The molecule has 0 unspecified atom stereocenters. The molecule has 0 amide bonds. The second kappa shape index (κ2) is 6.26. The van der Waals surface area contributed by atoms with E-state index in [9.17, 15) is 22.8 Å². The zero-order valence-corrected chi connectivity index (χ0v) is 14.7. The number of fused-ring (bicyclic) bond motifs is 1. The molecule has 0 saturated heterocycles. The first-order valence-corrected chi connectivity index (χ1v) is 7.98. The Morgan fingerprint density at radius 2 is 1.67 bits per heavy atom. The number of alkyl halides is 3. The lowest BCUT2D eigenvalue weighted by molar-refractivity contribution is -0.141. The van der Waals surface area contributed by atoms with E-state index in [-0.39, 0.29) is 11.2 Å². The maximum atomic E-state index is 12.9. The van der Waals surface area contributed by atoms with Crippen molar-refractivity contribution in [2.24, 2.45) is 0 Å². The van der Waals surface area contributed by atoms with Crippen LogP contribution in [0.3, 0.4) is 0 Å². The largest absolute Gasteiger partial charge is 0.443 e. The summed E-state index contributed by atoms with van der Waals surface area (Å²) in [4.78, 5) is 28.7. The fourth-order valence-corrected chi connectivity index (χ4v) is 2.57. The van der Waals surface area contributed by atoms with Crippen LogP contribution in [0.5, 0.6) is 0 Å². The lowest BCUT2D eigenvalue weighted by Crippen LogP contribution is -2.34. The number of aromatic nitrogens is 3. The van der Waals surface area contributed by atoms with E-state index < -0.39 is 29.3 Å². The van der Waals surface area contributed by atoms with Crippen molar-refractivity contribution in [1.29, 1.82) is 0 Å². The standard InChI is InChI=1S/C18H16F3N3O3/c1-17(2,3)27-16(26)24-13-7-5-4-6-12(13)23(15(24)25)11-8-9-14(22-10-11)18(19,20)21/h4-10H,1-3H3. The molecule has 0 radical (unpaired) electrons. The third kappa shape index (κ3) is 3.57. The first-order valence-electron chi connectivity index (χ1n) is 7.98. The van der Waals surface area contributed by atoms with Gasteiger partial charge in [0.1, 0.15) is 11.3 Å². The monoisotopic (exact) mass is 379 g/mol. The third-order valence-corrected chi connectivity index (χ3v) is 3.62. The Labute approximate surface area is 151 Å². The van der Waals surface area contributed by atoms with Gasteiger partial charge in [0.2, 0.25) is 0 Å².